The number of piperidine rings is 1. The Balaban J connectivity index is 1.59. The van der Waals surface area contributed by atoms with Crippen molar-refractivity contribution in [3.8, 4) is 0 Å². The number of thiazole rings is 1. The number of amides is 1. The molecule has 0 spiro atoms. The van der Waals surface area contributed by atoms with Crippen LogP contribution in [0, 0.1) is 18.3 Å². The minimum Gasteiger partial charge on any atom is -0.312 e. The van der Waals surface area contributed by atoms with E-state index in [0.717, 1.165) is 36.5 Å². The summed E-state index contributed by atoms with van der Waals surface area (Å²) in [5, 5.41) is 3.30. The summed E-state index contributed by atoms with van der Waals surface area (Å²) in [5.41, 5.74) is 3.83. The van der Waals surface area contributed by atoms with E-state index < -0.39 is 0 Å². The fourth-order valence-corrected chi connectivity index (χ4v) is 4.93. The van der Waals surface area contributed by atoms with Gasteiger partial charge in [0.05, 0.1) is 10.7 Å². The molecule has 0 radical (unpaired) electrons. The molecule has 28 heavy (non-hydrogen) atoms. The zero-order valence-corrected chi connectivity index (χ0v) is 19.0. The third-order valence-corrected chi connectivity index (χ3v) is 6.56. The summed E-state index contributed by atoms with van der Waals surface area (Å²) in [6.45, 7) is 14.1. The normalized spacial score (nSPS) is 18.6. The van der Waals surface area contributed by atoms with Gasteiger partial charge >= 0.3 is 0 Å². The highest BCUT2D eigenvalue weighted by Crippen LogP contribution is 2.36. The molecule has 1 atom stereocenters. The van der Waals surface area contributed by atoms with Gasteiger partial charge in [-0.25, -0.2) is 4.98 Å². The lowest BCUT2D eigenvalue weighted by molar-refractivity contribution is -0.121. The summed E-state index contributed by atoms with van der Waals surface area (Å²) < 4.78 is 0. The molecule has 1 saturated heterocycles. The first-order valence-corrected chi connectivity index (χ1v) is 11.2. The van der Waals surface area contributed by atoms with Crippen molar-refractivity contribution in [1.82, 2.24) is 4.98 Å². The summed E-state index contributed by atoms with van der Waals surface area (Å²) in [5.74, 6) is 0.729. The molecule has 2 heterocycles. The van der Waals surface area contributed by atoms with Gasteiger partial charge in [-0.05, 0) is 60.6 Å². The van der Waals surface area contributed by atoms with Gasteiger partial charge in [-0.15, -0.1) is 11.3 Å². The Bertz CT molecular complexity index is 814. The van der Waals surface area contributed by atoms with Crippen LogP contribution in [-0.4, -0.2) is 17.4 Å². The van der Waals surface area contributed by atoms with Crippen LogP contribution in [0.3, 0.4) is 0 Å². The van der Waals surface area contributed by atoms with Crippen LogP contribution in [0.15, 0.2) is 29.6 Å². The number of carbonyl (C=O) groups is 1. The molecule has 1 aliphatic heterocycles. The predicted molar refractivity (Wildman–Crippen MR) is 119 cm³/mol. The predicted octanol–water partition coefficient (Wildman–Crippen LogP) is 6.15. The Morgan fingerprint density at radius 2 is 1.82 bits per heavy atom. The van der Waals surface area contributed by atoms with Crippen molar-refractivity contribution in [3.63, 3.8) is 0 Å². The largest absolute Gasteiger partial charge is 0.312 e. The summed E-state index contributed by atoms with van der Waals surface area (Å²) in [4.78, 5) is 19.4. The molecule has 1 amide bonds. The molecule has 1 aliphatic rings. The molecule has 1 unspecified atom stereocenters. The van der Waals surface area contributed by atoms with Crippen molar-refractivity contribution >= 4 is 22.9 Å². The first kappa shape index (κ1) is 21.0. The quantitative estimate of drug-likeness (QED) is 0.605. The maximum atomic E-state index is 12.8. The fraction of sp³-hybridized carbons (Fsp3) is 0.583. The van der Waals surface area contributed by atoms with E-state index in [4.69, 9.17) is 0 Å². The van der Waals surface area contributed by atoms with E-state index in [2.05, 4.69) is 76.2 Å². The van der Waals surface area contributed by atoms with Crippen LogP contribution in [-0.2, 0) is 16.6 Å². The van der Waals surface area contributed by atoms with Crippen molar-refractivity contribution in [2.45, 2.75) is 72.6 Å². The van der Waals surface area contributed by atoms with Crippen molar-refractivity contribution in [3.05, 3.63) is 45.9 Å². The number of carbonyl (C=O) groups excluding carboxylic acids is 1. The Morgan fingerprint density at radius 3 is 2.36 bits per heavy atom. The number of aryl methyl sites for hydroxylation is 1. The molecule has 0 bridgehead atoms. The summed E-state index contributed by atoms with van der Waals surface area (Å²) >= 11 is 1.72. The molecule has 1 aromatic carbocycles. The van der Waals surface area contributed by atoms with E-state index in [1.807, 2.05) is 4.90 Å². The van der Waals surface area contributed by atoms with Crippen LogP contribution >= 0.6 is 11.3 Å². The van der Waals surface area contributed by atoms with Gasteiger partial charge in [-0.3, -0.25) is 4.79 Å². The molecule has 2 aromatic rings. The Kier molecular flexibility index (Phi) is 6.00. The highest BCUT2D eigenvalue weighted by Gasteiger charge is 2.31. The van der Waals surface area contributed by atoms with Crippen LogP contribution in [0.2, 0.25) is 0 Å². The monoisotopic (exact) mass is 398 g/mol. The molecule has 1 fully saturated rings. The first-order chi connectivity index (χ1) is 13.0. The standard InChI is InChI=1S/C24H34N2OS/c1-17-25-20(16-28-17)15-24(5,6)14-18-11-12-26(22(27)13-18)21-9-7-19(8-10-21)23(2,3)4/h7-10,16,18H,11-15H2,1-6H3. The van der Waals surface area contributed by atoms with Crippen molar-refractivity contribution in [2.24, 2.45) is 11.3 Å². The Hall–Kier alpha value is -1.68. The van der Waals surface area contributed by atoms with Gasteiger partial charge in [0.25, 0.3) is 0 Å². The molecule has 3 rings (SSSR count). The Labute approximate surface area is 174 Å². The smallest absolute Gasteiger partial charge is 0.227 e. The van der Waals surface area contributed by atoms with E-state index in [9.17, 15) is 4.79 Å². The fourth-order valence-electron chi connectivity index (χ4n) is 4.32. The third kappa shape index (κ3) is 5.22. The average Bonchev–Trinajstić information content (AvgIpc) is 2.98. The number of aromatic nitrogens is 1. The van der Waals surface area contributed by atoms with Crippen LogP contribution in [0.5, 0.6) is 0 Å². The maximum Gasteiger partial charge on any atom is 0.227 e. The topological polar surface area (TPSA) is 33.2 Å². The van der Waals surface area contributed by atoms with Crippen LogP contribution in [0.4, 0.5) is 5.69 Å². The second kappa shape index (κ2) is 7.98. The van der Waals surface area contributed by atoms with Gasteiger partial charge in [0.15, 0.2) is 0 Å². The van der Waals surface area contributed by atoms with Gasteiger partial charge in [-0.2, -0.15) is 0 Å². The van der Waals surface area contributed by atoms with Crippen molar-refractivity contribution in [1.29, 1.82) is 0 Å². The van der Waals surface area contributed by atoms with E-state index in [1.165, 1.54) is 11.3 Å². The van der Waals surface area contributed by atoms with Crippen molar-refractivity contribution < 1.29 is 4.79 Å². The van der Waals surface area contributed by atoms with Gasteiger partial charge in [-0.1, -0.05) is 46.8 Å². The molecule has 0 N–H and O–H groups in total. The van der Waals surface area contributed by atoms with Crippen LogP contribution < -0.4 is 4.90 Å². The number of nitrogens with zero attached hydrogens (tertiary/aromatic N) is 2. The number of benzene rings is 1. The second-order valence-electron chi connectivity index (χ2n) is 10.1. The molecule has 4 heteroatoms. The summed E-state index contributed by atoms with van der Waals surface area (Å²) in [7, 11) is 0. The van der Waals surface area contributed by atoms with E-state index >= 15 is 0 Å². The zero-order chi connectivity index (χ0) is 20.5. The molecular weight excluding hydrogens is 364 g/mol. The van der Waals surface area contributed by atoms with Gasteiger partial charge in [0.2, 0.25) is 5.91 Å². The lowest BCUT2D eigenvalue weighted by Crippen LogP contribution is -2.40. The highest BCUT2D eigenvalue weighted by molar-refractivity contribution is 7.09. The molecule has 152 valence electrons. The minimum absolute atomic E-state index is 0.136. The van der Waals surface area contributed by atoms with Crippen LogP contribution in [0.1, 0.15) is 70.1 Å². The number of rotatable bonds is 5. The minimum atomic E-state index is 0.136. The van der Waals surface area contributed by atoms with Gasteiger partial charge in [0.1, 0.15) is 0 Å². The average molecular weight is 399 g/mol. The van der Waals surface area contributed by atoms with Crippen LogP contribution in [0.25, 0.3) is 0 Å². The Morgan fingerprint density at radius 1 is 1.14 bits per heavy atom. The lowest BCUT2D eigenvalue weighted by atomic mass is 9.76. The highest BCUT2D eigenvalue weighted by atomic mass is 32.1. The van der Waals surface area contributed by atoms with Gasteiger partial charge in [0, 0.05) is 24.0 Å². The lowest BCUT2D eigenvalue weighted by Gasteiger charge is -2.36. The molecule has 0 aliphatic carbocycles. The number of hydrogen-bond donors (Lipinski definition) is 0. The zero-order valence-electron chi connectivity index (χ0n) is 18.2. The number of hydrogen-bond acceptors (Lipinski definition) is 3. The summed E-state index contributed by atoms with van der Waals surface area (Å²) in [6, 6.07) is 8.53. The summed E-state index contributed by atoms with van der Waals surface area (Å²) in [6.07, 6.45) is 3.79. The number of anilines is 1. The first-order valence-electron chi connectivity index (χ1n) is 10.4. The molecule has 0 saturated carbocycles. The van der Waals surface area contributed by atoms with Gasteiger partial charge < -0.3 is 4.90 Å². The van der Waals surface area contributed by atoms with Crippen molar-refractivity contribution in [2.75, 3.05) is 11.4 Å². The third-order valence-electron chi connectivity index (χ3n) is 5.74. The van der Waals surface area contributed by atoms with E-state index in [1.54, 1.807) is 11.3 Å². The molecule has 1 aromatic heterocycles. The molecular formula is C24H34N2OS. The van der Waals surface area contributed by atoms with E-state index in [-0.39, 0.29) is 16.7 Å². The SMILES string of the molecule is Cc1nc(CC(C)(C)CC2CCN(c3ccc(C(C)(C)C)cc3)C(=O)C2)cs1. The maximum absolute atomic E-state index is 12.8. The second-order valence-corrected chi connectivity index (χ2v) is 11.2. The molecule has 3 nitrogen and oxygen atoms in total. The van der Waals surface area contributed by atoms with E-state index in [0.29, 0.717) is 12.3 Å².